The van der Waals surface area contributed by atoms with Crippen molar-refractivity contribution in [3.05, 3.63) is 98.5 Å². The Bertz CT molecular complexity index is 1740. The molecule has 0 atom stereocenters. The Labute approximate surface area is 216 Å². The molecule has 1 amide bonds. The van der Waals surface area contributed by atoms with Gasteiger partial charge in [-0.25, -0.2) is 18.4 Å². The van der Waals surface area contributed by atoms with Crippen molar-refractivity contribution in [3.8, 4) is 5.69 Å². The van der Waals surface area contributed by atoms with Gasteiger partial charge in [0.15, 0.2) is 4.77 Å². The number of nitrogens with two attached hydrogens (primary N) is 1. The van der Waals surface area contributed by atoms with E-state index in [9.17, 15) is 22.8 Å². The lowest BCUT2D eigenvalue weighted by Gasteiger charge is -2.11. The molecule has 0 bridgehead atoms. The molecule has 12 heteroatoms. The number of aromatic nitrogens is 2. The maximum atomic E-state index is 13.2. The van der Waals surface area contributed by atoms with Crippen LogP contribution in [0.3, 0.4) is 0 Å². The fourth-order valence-electron chi connectivity index (χ4n) is 3.75. The van der Waals surface area contributed by atoms with Gasteiger partial charge < -0.3 is 15.0 Å². The number of ether oxygens (including phenoxy) is 1. The highest BCUT2D eigenvalue weighted by Gasteiger charge is 2.13. The van der Waals surface area contributed by atoms with Gasteiger partial charge in [-0.3, -0.25) is 14.2 Å². The van der Waals surface area contributed by atoms with Gasteiger partial charge in [-0.05, 0) is 72.7 Å². The van der Waals surface area contributed by atoms with Crippen molar-refractivity contribution in [2.45, 2.75) is 11.3 Å². The first-order chi connectivity index (χ1) is 17.6. The van der Waals surface area contributed by atoms with Crippen molar-refractivity contribution in [2.24, 2.45) is 5.14 Å². The Hall–Kier alpha value is -4.13. The molecule has 0 aliphatic heterocycles. The van der Waals surface area contributed by atoms with Crippen molar-refractivity contribution in [2.75, 3.05) is 13.7 Å². The summed E-state index contributed by atoms with van der Waals surface area (Å²) in [5, 5.41) is 8.22. The summed E-state index contributed by atoms with van der Waals surface area (Å²) in [5.74, 6) is -0.890. The average Bonchev–Trinajstić information content (AvgIpc) is 2.87. The lowest BCUT2D eigenvalue weighted by molar-refractivity contribution is 0.0600. The second-order valence-electron chi connectivity index (χ2n) is 8.07. The molecule has 0 aliphatic rings. The summed E-state index contributed by atoms with van der Waals surface area (Å²) in [6, 6.07) is 17.1. The van der Waals surface area contributed by atoms with Gasteiger partial charge in [-0.1, -0.05) is 18.2 Å². The highest BCUT2D eigenvalue weighted by molar-refractivity contribution is 7.89. The third kappa shape index (κ3) is 5.66. The van der Waals surface area contributed by atoms with Gasteiger partial charge in [0.05, 0.1) is 34.2 Å². The van der Waals surface area contributed by atoms with Crippen molar-refractivity contribution in [1.29, 1.82) is 0 Å². The zero-order chi connectivity index (χ0) is 26.7. The Morgan fingerprint density at radius 2 is 1.78 bits per heavy atom. The third-order valence-corrected chi connectivity index (χ3v) is 6.85. The molecule has 0 radical (unpaired) electrons. The van der Waals surface area contributed by atoms with E-state index in [0.717, 1.165) is 5.56 Å². The van der Waals surface area contributed by atoms with E-state index in [1.54, 1.807) is 36.4 Å². The van der Waals surface area contributed by atoms with Gasteiger partial charge in [0.25, 0.3) is 11.5 Å². The Morgan fingerprint density at radius 1 is 1.05 bits per heavy atom. The van der Waals surface area contributed by atoms with Gasteiger partial charge in [-0.15, -0.1) is 0 Å². The summed E-state index contributed by atoms with van der Waals surface area (Å²) in [6.07, 6.45) is 0.472. The maximum Gasteiger partial charge on any atom is 0.337 e. The molecule has 0 unspecified atom stereocenters. The number of fused-ring (bicyclic) bond motifs is 1. The van der Waals surface area contributed by atoms with E-state index in [-0.39, 0.29) is 21.1 Å². The molecule has 0 fully saturated rings. The van der Waals surface area contributed by atoms with E-state index in [4.69, 9.17) is 22.1 Å². The van der Waals surface area contributed by atoms with Crippen LogP contribution in [0.4, 0.5) is 0 Å². The predicted octanol–water partition coefficient (Wildman–Crippen LogP) is 2.45. The number of H-pyrrole nitrogens is 1. The lowest BCUT2D eigenvalue weighted by atomic mass is 10.1. The summed E-state index contributed by atoms with van der Waals surface area (Å²) in [4.78, 5) is 40.7. The van der Waals surface area contributed by atoms with Crippen LogP contribution in [0.2, 0.25) is 0 Å². The summed E-state index contributed by atoms with van der Waals surface area (Å²) in [6.45, 7) is 0.302. The average molecular weight is 539 g/mol. The minimum Gasteiger partial charge on any atom is -0.465 e. The molecular weight excluding hydrogens is 516 g/mol. The molecule has 10 nitrogen and oxygen atoms in total. The maximum absolute atomic E-state index is 13.2. The quantitative estimate of drug-likeness (QED) is 0.241. The first kappa shape index (κ1) is 25.9. The molecule has 190 valence electrons. The number of methoxy groups -OCH3 is 1. The van der Waals surface area contributed by atoms with Crippen LogP contribution in [-0.2, 0) is 21.2 Å². The number of aromatic amines is 1. The SMILES string of the molecule is COC(=O)c1ccc2c(=O)n(-c3cccc(C(=O)NCCc4ccc(S(N)(=O)=O)cc4)c3)c(=S)[nH]c2c1. The van der Waals surface area contributed by atoms with E-state index in [2.05, 4.69) is 10.3 Å². The van der Waals surface area contributed by atoms with Crippen LogP contribution in [0.25, 0.3) is 16.6 Å². The van der Waals surface area contributed by atoms with Crippen LogP contribution in [0.1, 0.15) is 26.3 Å². The highest BCUT2D eigenvalue weighted by Crippen LogP contribution is 2.15. The molecule has 37 heavy (non-hydrogen) atoms. The van der Waals surface area contributed by atoms with Crippen LogP contribution in [-0.4, -0.2) is 43.5 Å². The number of esters is 1. The standard InChI is InChI=1S/C25H22N4O6S2/c1-35-24(32)17-7-10-20-21(14-17)28-25(36)29(23(20)31)18-4-2-3-16(13-18)22(30)27-12-11-15-5-8-19(9-6-15)37(26,33)34/h2-10,13-14H,11-12H2,1H3,(H,27,30)(H,28,36)(H2,26,33,34). The zero-order valence-electron chi connectivity index (χ0n) is 19.6. The largest absolute Gasteiger partial charge is 0.465 e. The molecule has 1 heterocycles. The molecule has 4 N–H and O–H groups in total. The second kappa shape index (κ2) is 10.5. The Kier molecular flexibility index (Phi) is 7.34. The van der Waals surface area contributed by atoms with Crippen LogP contribution in [0, 0.1) is 4.77 Å². The van der Waals surface area contributed by atoms with Crippen LogP contribution in [0.15, 0.2) is 76.4 Å². The van der Waals surface area contributed by atoms with Gasteiger partial charge in [0.2, 0.25) is 10.0 Å². The van der Waals surface area contributed by atoms with Crippen molar-refractivity contribution >= 4 is 45.0 Å². The fraction of sp³-hybridized carbons (Fsp3) is 0.120. The van der Waals surface area contributed by atoms with E-state index < -0.39 is 21.6 Å². The van der Waals surface area contributed by atoms with Crippen LogP contribution >= 0.6 is 12.2 Å². The molecule has 4 aromatic rings. The summed E-state index contributed by atoms with van der Waals surface area (Å²) < 4.78 is 28.8. The Balaban J connectivity index is 1.53. The normalized spacial score (nSPS) is 11.3. The third-order valence-electron chi connectivity index (χ3n) is 5.64. The molecule has 0 saturated carbocycles. The summed E-state index contributed by atoms with van der Waals surface area (Å²) in [7, 11) is -2.50. The number of hydrogen-bond donors (Lipinski definition) is 3. The first-order valence-electron chi connectivity index (χ1n) is 11.0. The molecule has 1 aromatic heterocycles. The molecule has 0 saturated heterocycles. The lowest BCUT2D eigenvalue weighted by Crippen LogP contribution is -2.26. The topological polar surface area (TPSA) is 153 Å². The number of carbonyl (C=O) groups excluding carboxylic acids is 2. The number of hydrogen-bond acceptors (Lipinski definition) is 7. The fourth-order valence-corrected chi connectivity index (χ4v) is 4.57. The summed E-state index contributed by atoms with van der Waals surface area (Å²) >= 11 is 5.40. The number of benzene rings is 3. The van der Waals surface area contributed by atoms with E-state index in [1.165, 1.54) is 42.0 Å². The van der Waals surface area contributed by atoms with Gasteiger partial charge >= 0.3 is 5.97 Å². The number of rotatable bonds is 7. The van der Waals surface area contributed by atoms with Crippen LogP contribution in [0.5, 0.6) is 0 Å². The minimum atomic E-state index is -3.76. The number of amides is 1. The molecule has 0 aliphatic carbocycles. The Morgan fingerprint density at radius 3 is 2.46 bits per heavy atom. The van der Waals surface area contributed by atoms with E-state index >= 15 is 0 Å². The van der Waals surface area contributed by atoms with Crippen molar-refractivity contribution in [1.82, 2.24) is 14.9 Å². The van der Waals surface area contributed by atoms with Gasteiger partial charge in [0.1, 0.15) is 0 Å². The smallest absolute Gasteiger partial charge is 0.337 e. The number of carbonyl (C=O) groups is 2. The van der Waals surface area contributed by atoms with Crippen LogP contribution < -0.4 is 16.0 Å². The number of sulfonamides is 1. The minimum absolute atomic E-state index is 0.0169. The van der Waals surface area contributed by atoms with Crippen molar-refractivity contribution < 1.29 is 22.7 Å². The van der Waals surface area contributed by atoms with E-state index in [0.29, 0.717) is 35.1 Å². The van der Waals surface area contributed by atoms with E-state index in [1.807, 2.05) is 0 Å². The number of nitrogens with one attached hydrogen (secondary N) is 2. The van der Waals surface area contributed by atoms with Gasteiger partial charge in [0, 0.05) is 12.1 Å². The zero-order valence-corrected chi connectivity index (χ0v) is 21.2. The number of primary sulfonamides is 1. The monoisotopic (exact) mass is 538 g/mol. The predicted molar refractivity (Wildman–Crippen MR) is 140 cm³/mol. The molecule has 4 rings (SSSR count). The first-order valence-corrected chi connectivity index (χ1v) is 12.9. The molecule has 0 spiro atoms. The summed E-state index contributed by atoms with van der Waals surface area (Å²) in [5.41, 5.74) is 1.80. The number of nitrogens with zero attached hydrogens (tertiary/aromatic N) is 1. The molecule has 3 aromatic carbocycles. The van der Waals surface area contributed by atoms with Crippen molar-refractivity contribution in [3.63, 3.8) is 0 Å². The molecular formula is C25H22N4O6S2. The highest BCUT2D eigenvalue weighted by atomic mass is 32.2. The van der Waals surface area contributed by atoms with Gasteiger partial charge in [-0.2, -0.15) is 0 Å². The second-order valence-corrected chi connectivity index (χ2v) is 10.0.